The topological polar surface area (TPSA) is 26.3 Å². The van der Waals surface area contributed by atoms with Crippen molar-refractivity contribution in [3.8, 4) is 0 Å². The Kier molecular flexibility index (Phi) is 11.3. The van der Waals surface area contributed by atoms with E-state index in [1.54, 1.807) is 0 Å². The molecule has 0 fully saturated rings. The molecule has 0 radical (unpaired) electrons. The van der Waals surface area contributed by atoms with E-state index in [-0.39, 0.29) is 11.4 Å². The molecule has 0 spiro atoms. The average Bonchev–Trinajstić information content (AvgIpc) is 2.63. The summed E-state index contributed by atoms with van der Waals surface area (Å²) in [6, 6.07) is 10.3. The first kappa shape index (κ1) is 21.7. The van der Waals surface area contributed by atoms with E-state index in [1.807, 2.05) is 18.2 Å². The molecule has 0 aliphatic carbocycles. The lowest BCUT2D eigenvalue weighted by Crippen LogP contribution is -2.25. The second-order valence-corrected chi connectivity index (χ2v) is 7.72. The van der Waals surface area contributed by atoms with E-state index < -0.39 is 0 Å². The molecule has 1 aromatic carbocycles. The molecule has 0 heterocycles. The third-order valence-corrected chi connectivity index (χ3v) is 5.04. The molecule has 2 heteroatoms. The SMILES string of the molecule is CCCCCCC(C)(CCCC)COC(=O)CCCc1ccccc1. The van der Waals surface area contributed by atoms with E-state index in [2.05, 4.69) is 32.9 Å². The third kappa shape index (κ3) is 10.3. The maximum absolute atomic E-state index is 12.1. The van der Waals surface area contributed by atoms with Crippen molar-refractivity contribution < 1.29 is 9.53 Å². The van der Waals surface area contributed by atoms with Gasteiger partial charge in [-0.2, -0.15) is 0 Å². The fourth-order valence-electron chi connectivity index (χ4n) is 3.26. The Morgan fingerprint density at radius 2 is 1.60 bits per heavy atom. The lowest BCUT2D eigenvalue weighted by molar-refractivity contribution is -0.147. The molecule has 1 rings (SSSR count). The molecule has 0 amide bonds. The molecule has 0 saturated carbocycles. The predicted molar refractivity (Wildman–Crippen MR) is 107 cm³/mol. The molecule has 0 aromatic heterocycles. The molecule has 2 nitrogen and oxygen atoms in total. The Morgan fingerprint density at radius 1 is 0.920 bits per heavy atom. The highest BCUT2D eigenvalue weighted by atomic mass is 16.5. The monoisotopic (exact) mass is 346 g/mol. The van der Waals surface area contributed by atoms with Crippen LogP contribution in [0.1, 0.15) is 90.5 Å². The van der Waals surface area contributed by atoms with E-state index in [9.17, 15) is 4.79 Å². The zero-order valence-corrected chi connectivity index (χ0v) is 16.7. The van der Waals surface area contributed by atoms with Crippen molar-refractivity contribution in [3.63, 3.8) is 0 Å². The summed E-state index contributed by atoms with van der Waals surface area (Å²) in [5.41, 5.74) is 1.44. The first-order valence-corrected chi connectivity index (χ1v) is 10.3. The zero-order valence-electron chi connectivity index (χ0n) is 16.7. The zero-order chi connectivity index (χ0) is 18.4. The van der Waals surface area contributed by atoms with Crippen molar-refractivity contribution in [2.24, 2.45) is 5.41 Å². The predicted octanol–water partition coefficient (Wildman–Crippen LogP) is 6.72. The van der Waals surface area contributed by atoms with Crippen LogP contribution in [0.15, 0.2) is 30.3 Å². The number of esters is 1. The number of carbonyl (C=O) groups is 1. The number of ether oxygens (including phenoxy) is 1. The molecule has 1 atom stereocenters. The van der Waals surface area contributed by atoms with Crippen molar-refractivity contribution >= 4 is 5.97 Å². The number of benzene rings is 1. The van der Waals surface area contributed by atoms with Gasteiger partial charge in [0.15, 0.2) is 0 Å². The van der Waals surface area contributed by atoms with Crippen LogP contribution in [0.2, 0.25) is 0 Å². The third-order valence-electron chi connectivity index (χ3n) is 5.04. The molecular weight excluding hydrogens is 308 g/mol. The first-order valence-electron chi connectivity index (χ1n) is 10.3. The summed E-state index contributed by atoms with van der Waals surface area (Å²) in [6.07, 6.45) is 12.2. The van der Waals surface area contributed by atoms with Crippen LogP contribution in [0.25, 0.3) is 0 Å². The second kappa shape index (κ2) is 13.0. The summed E-state index contributed by atoms with van der Waals surface area (Å²) in [7, 11) is 0. The summed E-state index contributed by atoms with van der Waals surface area (Å²) >= 11 is 0. The van der Waals surface area contributed by atoms with Gasteiger partial charge in [-0.15, -0.1) is 0 Å². The number of aryl methyl sites for hydroxylation is 1. The van der Waals surface area contributed by atoms with Crippen LogP contribution >= 0.6 is 0 Å². The van der Waals surface area contributed by atoms with Gasteiger partial charge in [0.25, 0.3) is 0 Å². The normalized spacial score (nSPS) is 13.4. The Morgan fingerprint density at radius 3 is 2.28 bits per heavy atom. The van der Waals surface area contributed by atoms with Gasteiger partial charge in [-0.05, 0) is 31.2 Å². The van der Waals surface area contributed by atoms with Crippen molar-refractivity contribution in [3.05, 3.63) is 35.9 Å². The van der Waals surface area contributed by atoms with Crippen LogP contribution < -0.4 is 0 Å². The van der Waals surface area contributed by atoms with Gasteiger partial charge in [-0.25, -0.2) is 0 Å². The van der Waals surface area contributed by atoms with Crippen LogP contribution in [-0.2, 0) is 16.0 Å². The largest absolute Gasteiger partial charge is 0.465 e. The van der Waals surface area contributed by atoms with E-state index >= 15 is 0 Å². The van der Waals surface area contributed by atoms with Crippen molar-refractivity contribution in [2.45, 2.75) is 91.4 Å². The molecule has 0 aliphatic heterocycles. The van der Waals surface area contributed by atoms with Gasteiger partial charge in [0, 0.05) is 11.8 Å². The van der Waals surface area contributed by atoms with E-state index in [4.69, 9.17) is 4.74 Å². The van der Waals surface area contributed by atoms with Gasteiger partial charge in [0.1, 0.15) is 0 Å². The van der Waals surface area contributed by atoms with Gasteiger partial charge in [-0.1, -0.05) is 89.6 Å². The summed E-state index contributed by atoms with van der Waals surface area (Å²) < 4.78 is 5.66. The van der Waals surface area contributed by atoms with Crippen molar-refractivity contribution in [2.75, 3.05) is 6.61 Å². The minimum atomic E-state index is -0.0350. The standard InChI is InChI=1S/C23H38O2/c1-4-6-8-12-19-23(3,18-7-5-2)20-25-22(24)17-13-16-21-14-10-9-11-15-21/h9-11,14-15H,4-8,12-13,16-20H2,1-3H3. The van der Waals surface area contributed by atoms with E-state index in [0.717, 1.165) is 19.3 Å². The van der Waals surface area contributed by atoms with Crippen molar-refractivity contribution in [1.29, 1.82) is 0 Å². The molecule has 0 saturated heterocycles. The van der Waals surface area contributed by atoms with E-state index in [0.29, 0.717) is 13.0 Å². The molecule has 0 N–H and O–H groups in total. The number of rotatable bonds is 14. The fourth-order valence-corrected chi connectivity index (χ4v) is 3.26. The van der Waals surface area contributed by atoms with Crippen LogP contribution in [0.4, 0.5) is 0 Å². The van der Waals surface area contributed by atoms with Gasteiger partial charge >= 0.3 is 5.97 Å². The fraction of sp³-hybridized carbons (Fsp3) is 0.696. The Balaban J connectivity index is 2.31. The van der Waals surface area contributed by atoms with Gasteiger partial charge in [0.2, 0.25) is 0 Å². The maximum atomic E-state index is 12.1. The summed E-state index contributed by atoms with van der Waals surface area (Å²) in [6.45, 7) is 7.36. The van der Waals surface area contributed by atoms with Crippen molar-refractivity contribution in [1.82, 2.24) is 0 Å². The second-order valence-electron chi connectivity index (χ2n) is 7.72. The minimum Gasteiger partial charge on any atom is -0.465 e. The molecule has 25 heavy (non-hydrogen) atoms. The molecule has 142 valence electrons. The average molecular weight is 347 g/mol. The highest BCUT2D eigenvalue weighted by Gasteiger charge is 2.25. The summed E-state index contributed by atoms with van der Waals surface area (Å²) in [4.78, 5) is 12.1. The maximum Gasteiger partial charge on any atom is 0.305 e. The Labute approximate surface area is 155 Å². The Hall–Kier alpha value is -1.31. The molecule has 1 unspecified atom stereocenters. The van der Waals surface area contributed by atoms with Crippen LogP contribution in [-0.4, -0.2) is 12.6 Å². The van der Waals surface area contributed by atoms with Gasteiger partial charge in [-0.3, -0.25) is 4.79 Å². The minimum absolute atomic E-state index is 0.0350. The highest BCUT2D eigenvalue weighted by Crippen LogP contribution is 2.31. The number of hydrogen-bond acceptors (Lipinski definition) is 2. The lowest BCUT2D eigenvalue weighted by Gasteiger charge is -2.29. The molecule has 0 bridgehead atoms. The lowest BCUT2D eigenvalue weighted by atomic mass is 9.80. The Bertz CT molecular complexity index is 454. The number of hydrogen-bond donors (Lipinski definition) is 0. The number of carbonyl (C=O) groups excluding carboxylic acids is 1. The van der Waals surface area contributed by atoms with Gasteiger partial charge < -0.3 is 4.74 Å². The number of unbranched alkanes of at least 4 members (excludes halogenated alkanes) is 4. The molecule has 0 aliphatic rings. The smallest absolute Gasteiger partial charge is 0.305 e. The highest BCUT2D eigenvalue weighted by molar-refractivity contribution is 5.69. The summed E-state index contributed by atoms with van der Waals surface area (Å²) in [5, 5.41) is 0. The molecular formula is C23H38O2. The van der Waals surface area contributed by atoms with E-state index in [1.165, 1.54) is 50.5 Å². The van der Waals surface area contributed by atoms with Crippen LogP contribution in [0.5, 0.6) is 0 Å². The van der Waals surface area contributed by atoms with Gasteiger partial charge in [0.05, 0.1) is 6.61 Å². The van der Waals surface area contributed by atoms with Crippen LogP contribution in [0, 0.1) is 5.41 Å². The van der Waals surface area contributed by atoms with Crippen LogP contribution in [0.3, 0.4) is 0 Å². The summed E-state index contributed by atoms with van der Waals surface area (Å²) in [5.74, 6) is -0.0350. The molecule has 1 aromatic rings. The first-order chi connectivity index (χ1) is 12.1. The quantitative estimate of drug-likeness (QED) is 0.276.